The number of aliphatic carboxylic acids is 1. The van der Waals surface area contributed by atoms with Crippen LogP contribution in [0.1, 0.15) is 34.3 Å². The van der Waals surface area contributed by atoms with E-state index in [0.717, 1.165) is 11.6 Å². The number of hydrogen-bond donors (Lipinski definition) is 3. The third-order valence-electron chi connectivity index (χ3n) is 6.73. The molecule has 1 aliphatic rings. The second-order valence-corrected chi connectivity index (χ2v) is 9.46. The van der Waals surface area contributed by atoms with Gasteiger partial charge in [0.05, 0.1) is 17.6 Å². The van der Waals surface area contributed by atoms with Crippen molar-refractivity contribution in [1.29, 1.82) is 0 Å². The van der Waals surface area contributed by atoms with Crippen LogP contribution in [0.3, 0.4) is 0 Å². The molecule has 3 amide bonds. The standard InChI is InChI=1S/C29H28N4O8/c1-41-25-13-11-21(33(39)40)16-22(25)27(35)30-20-9-7-18(8-10-20)15-23(29(37)38)31-28(36)24-12-14-26(34)32(24)17-19-5-3-2-4-6-19/h2-11,13,16,23-24H,12,14-15,17H2,1H3,(H,30,35)(H,31,36)(H,37,38)/t23-,24?/m0/s1. The number of anilines is 1. The fourth-order valence-electron chi connectivity index (χ4n) is 4.60. The first-order chi connectivity index (χ1) is 19.7. The first-order valence-corrected chi connectivity index (χ1v) is 12.8. The van der Waals surface area contributed by atoms with Crippen molar-refractivity contribution in [2.24, 2.45) is 0 Å². The van der Waals surface area contributed by atoms with Gasteiger partial charge >= 0.3 is 5.97 Å². The first-order valence-electron chi connectivity index (χ1n) is 12.8. The summed E-state index contributed by atoms with van der Waals surface area (Å²) >= 11 is 0. The number of amides is 3. The molecule has 3 aromatic carbocycles. The zero-order chi connectivity index (χ0) is 29.5. The maximum Gasteiger partial charge on any atom is 0.326 e. The van der Waals surface area contributed by atoms with Crippen molar-refractivity contribution in [3.8, 4) is 5.75 Å². The number of benzene rings is 3. The summed E-state index contributed by atoms with van der Waals surface area (Å²) in [6.45, 7) is 0.255. The van der Waals surface area contributed by atoms with Gasteiger partial charge in [-0.1, -0.05) is 42.5 Å². The Labute approximate surface area is 235 Å². The number of hydrogen-bond acceptors (Lipinski definition) is 7. The SMILES string of the molecule is COc1ccc([N+](=O)[O-])cc1C(=O)Nc1ccc(C[C@H](NC(=O)C2CCC(=O)N2Cc2ccccc2)C(=O)O)cc1. The maximum atomic E-state index is 13.1. The van der Waals surface area contributed by atoms with Crippen molar-refractivity contribution in [1.82, 2.24) is 10.2 Å². The normalized spacial score (nSPS) is 15.2. The molecule has 0 aliphatic carbocycles. The minimum Gasteiger partial charge on any atom is -0.496 e. The molecule has 0 bridgehead atoms. The van der Waals surface area contributed by atoms with Gasteiger partial charge in [0.15, 0.2) is 0 Å². The highest BCUT2D eigenvalue weighted by atomic mass is 16.6. The molecule has 41 heavy (non-hydrogen) atoms. The molecular weight excluding hydrogens is 532 g/mol. The minimum atomic E-state index is -1.24. The van der Waals surface area contributed by atoms with Crippen LogP contribution < -0.4 is 15.4 Å². The Balaban J connectivity index is 1.40. The van der Waals surface area contributed by atoms with Gasteiger partial charge in [0.1, 0.15) is 17.8 Å². The third-order valence-corrected chi connectivity index (χ3v) is 6.73. The Hall–Kier alpha value is -5.26. The molecule has 3 aromatic rings. The quantitative estimate of drug-likeness (QED) is 0.237. The third kappa shape index (κ3) is 7.04. The number of nitro groups is 1. The summed E-state index contributed by atoms with van der Waals surface area (Å²) in [5.41, 5.74) is 1.52. The van der Waals surface area contributed by atoms with E-state index in [1.54, 1.807) is 24.3 Å². The van der Waals surface area contributed by atoms with Crippen molar-refractivity contribution < 1.29 is 33.9 Å². The lowest BCUT2D eigenvalue weighted by molar-refractivity contribution is -0.384. The van der Waals surface area contributed by atoms with E-state index in [1.165, 1.54) is 24.1 Å². The van der Waals surface area contributed by atoms with Gasteiger partial charge < -0.3 is 25.4 Å². The number of carbonyl (C=O) groups is 4. The Morgan fingerprint density at radius 3 is 2.41 bits per heavy atom. The van der Waals surface area contributed by atoms with Gasteiger partial charge in [0.2, 0.25) is 11.8 Å². The average molecular weight is 561 g/mol. The highest BCUT2D eigenvalue weighted by molar-refractivity contribution is 6.06. The van der Waals surface area contributed by atoms with Crippen molar-refractivity contribution in [3.05, 3.63) is 99.6 Å². The number of non-ortho nitro benzene ring substituents is 1. The predicted molar refractivity (Wildman–Crippen MR) is 147 cm³/mol. The molecule has 4 rings (SSSR count). The fraction of sp³-hybridized carbons (Fsp3) is 0.241. The number of nitrogens with zero attached hydrogens (tertiary/aromatic N) is 2. The summed E-state index contributed by atoms with van der Waals surface area (Å²) in [5, 5.41) is 26.1. The number of likely N-dealkylation sites (tertiary alicyclic amines) is 1. The highest BCUT2D eigenvalue weighted by Crippen LogP contribution is 2.25. The van der Waals surface area contributed by atoms with Crippen LogP contribution in [0.25, 0.3) is 0 Å². The van der Waals surface area contributed by atoms with Gasteiger partial charge in [0.25, 0.3) is 11.6 Å². The number of nitrogens with one attached hydrogen (secondary N) is 2. The number of nitro benzene ring substituents is 1. The molecule has 12 heteroatoms. The lowest BCUT2D eigenvalue weighted by atomic mass is 10.0. The van der Waals surface area contributed by atoms with Crippen LogP contribution in [0.15, 0.2) is 72.8 Å². The van der Waals surface area contributed by atoms with Crippen LogP contribution in [-0.2, 0) is 27.3 Å². The molecule has 0 aromatic heterocycles. The molecule has 2 atom stereocenters. The van der Waals surface area contributed by atoms with Gasteiger partial charge in [-0.05, 0) is 35.7 Å². The number of carboxylic acids is 1. The molecule has 1 aliphatic heterocycles. The molecular formula is C29H28N4O8. The van der Waals surface area contributed by atoms with Crippen LogP contribution in [0.5, 0.6) is 5.75 Å². The summed E-state index contributed by atoms with van der Waals surface area (Å²) in [7, 11) is 1.34. The van der Waals surface area contributed by atoms with E-state index in [-0.39, 0.29) is 42.3 Å². The summed E-state index contributed by atoms with van der Waals surface area (Å²) in [6.07, 6.45) is 0.471. The number of carbonyl (C=O) groups excluding carboxylic acids is 3. The van der Waals surface area contributed by atoms with Crippen molar-refractivity contribution in [2.45, 2.75) is 37.9 Å². The molecule has 1 heterocycles. The van der Waals surface area contributed by atoms with Gasteiger partial charge in [-0.3, -0.25) is 24.5 Å². The summed E-state index contributed by atoms with van der Waals surface area (Å²) in [5.74, 6) is -2.39. The zero-order valence-electron chi connectivity index (χ0n) is 22.1. The van der Waals surface area contributed by atoms with Crippen LogP contribution in [-0.4, -0.2) is 57.8 Å². The summed E-state index contributed by atoms with van der Waals surface area (Å²) < 4.78 is 5.14. The first kappa shape index (κ1) is 28.7. The van der Waals surface area contributed by atoms with Gasteiger partial charge in [-0.25, -0.2) is 4.79 Å². The Kier molecular flexibility index (Phi) is 8.92. The predicted octanol–water partition coefficient (Wildman–Crippen LogP) is 3.16. The van der Waals surface area contributed by atoms with Gasteiger partial charge in [0, 0.05) is 37.2 Å². The Bertz CT molecular complexity index is 1460. The van der Waals surface area contributed by atoms with E-state index in [1.807, 2.05) is 30.3 Å². The molecule has 1 unspecified atom stereocenters. The molecule has 0 saturated carbocycles. The Morgan fingerprint density at radius 2 is 1.78 bits per heavy atom. The van der Waals surface area contributed by atoms with Crippen LogP contribution in [0.2, 0.25) is 0 Å². The number of carboxylic acid groups (broad SMARTS) is 1. The topological polar surface area (TPSA) is 168 Å². The average Bonchev–Trinajstić information content (AvgIpc) is 3.33. The maximum absolute atomic E-state index is 13.1. The lowest BCUT2D eigenvalue weighted by Gasteiger charge is -2.26. The molecule has 12 nitrogen and oxygen atoms in total. The van der Waals surface area contributed by atoms with Gasteiger partial charge in [-0.15, -0.1) is 0 Å². The van der Waals surface area contributed by atoms with E-state index in [0.29, 0.717) is 17.7 Å². The lowest BCUT2D eigenvalue weighted by Crippen LogP contribution is -2.50. The van der Waals surface area contributed by atoms with Crippen LogP contribution in [0.4, 0.5) is 11.4 Å². The van der Waals surface area contributed by atoms with Crippen LogP contribution >= 0.6 is 0 Å². The fourth-order valence-corrected chi connectivity index (χ4v) is 4.60. The second kappa shape index (κ2) is 12.7. The van der Waals surface area contributed by atoms with E-state index in [4.69, 9.17) is 4.74 Å². The number of methoxy groups -OCH3 is 1. The molecule has 1 saturated heterocycles. The largest absolute Gasteiger partial charge is 0.496 e. The van der Waals surface area contributed by atoms with Crippen molar-refractivity contribution >= 4 is 35.1 Å². The van der Waals surface area contributed by atoms with E-state index in [9.17, 15) is 34.4 Å². The van der Waals surface area contributed by atoms with Gasteiger partial charge in [-0.2, -0.15) is 0 Å². The smallest absolute Gasteiger partial charge is 0.326 e. The molecule has 1 fully saturated rings. The van der Waals surface area contributed by atoms with Crippen LogP contribution in [0, 0.1) is 10.1 Å². The Morgan fingerprint density at radius 1 is 1.07 bits per heavy atom. The molecule has 3 N–H and O–H groups in total. The molecule has 0 spiro atoms. The highest BCUT2D eigenvalue weighted by Gasteiger charge is 2.37. The van der Waals surface area contributed by atoms with Crippen molar-refractivity contribution in [3.63, 3.8) is 0 Å². The monoisotopic (exact) mass is 560 g/mol. The minimum absolute atomic E-state index is 0.0221. The molecule has 0 radical (unpaired) electrons. The zero-order valence-corrected chi connectivity index (χ0v) is 22.1. The van der Waals surface area contributed by atoms with E-state index < -0.39 is 34.8 Å². The number of ether oxygens (including phenoxy) is 1. The second-order valence-electron chi connectivity index (χ2n) is 9.46. The number of rotatable bonds is 11. The molecule has 212 valence electrons. The van der Waals surface area contributed by atoms with Crippen molar-refractivity contribution in [2.75, 3.05) is 12.4 Å². The van der Waals surface area contributed by atoms with E-state index >= 15 is 0 Å². The summed E-state index contributed by atoms with van der Waals surface area (Å²) in [6, 6.07) is 17.2. The summed E-state index contributed by atoms with van der Waals surface area (Å²) in [4.78, 5) is 62.2. The van der Waals surface area contributed by atoms with E-state index in [2.05, 4.69) is 10.6 Å².